The first-order valence-electron chi connectivity index (χ1n) is 5.89. The summed E-state index contributed by atoms with van der Waals surface area (Å²) in [7, 11) is 1.84. The van der Waals surface area contributed by atoms with Crippen LogP contribution < -0.4 is 0 Å². The average Bonchev–Trinajstić information content (AvgIpc) is 2.61. The average molecular weight is 248 g/mol. The van der Waals surface area contributed by atoms with Gasteiger partial charge in [0.25, 0.3) is 11.8 Å². The Morgan fingerprint density at radius 2 is 1.67 bits per heavy atom. The van der Waals surface area contributed by atoms with Gasteiger partial charge in [0.05, 0.1) is 17.7 Å². The number of fused-ring (bicyclic) bond motifs is 1. The van der Waals surface area contributed by atoms with Crippen molar-refractivity contribution in [1.82, 2.24) is 9.80 Å². The summed E-state index contributed by atoms with van der Waals surface area (Å²) in [6, 6.07) is 6.86. The smallest absolute Gasteiger partial charge is 0.261 e. The van der Waals surface area contributed by atoms with Crippen LogP contribution in [0.2, 0.25) is 0 Å². The largest absolute Gasteiger partial charge is 0.395 e. The normalized spacial score (nSPS) is 14.5. The van der Waals surface area contributed by atoms with E-state index in [4.69, 9.17) is 5.11 Å². The third-order valence-electron chi connectivity index (χ3n) is 3.07. The van der Waals surface area contributed by atoms with Crippen molar-refractivity contribution in [1.29, 1.82) is 0 Å². The number of rotatable bonds is 5. The number of benzene rings is 1. The Labute approximate surface area is 106 Å². The molecule has 1 aliphatic heterocycles. The molecule has 0 aromatic heterocycles. The van der Waals surface area contributed by atoms with Crippen LogP contribution in [0.15, 0.2) is 24.3 Å². The number of aliphatic hydroxyl groups is 1. The molecule has 0 aliphatic carbocycles. The molecule has 0 radical (unpaired) electrons. The summed E-state index contributed by atoms with van der Waals surface area (Å²) >= 11 is 0. The lowest BCUT2D eigenvalue weighted by Crippen LogP contribution is -2.37. The summed E-state index contributed by atoms with van der Waals surface area (Å²) in [5.41, 5.74) is 0.958. The van der Waals surface area contributed by atoms with E-state index in [-0.39, 0.29) is 18.4 Å². The lowest BCUT2D eigenvalue weighted by Gasteiger charge is -2.19. The Bertz CT molecular complexity index is 438. The number of likely N-dealkylation sites (N-methyl/N-ethyl adjacent to an activating group) is 1. The highest BCUT2D eigenvalue weighted by atomic mass is 16.3. The maximum Gasteiger partial charge on any atom is 0.261 e. The molecule has 5 heteroatoms. The van der Waals surface area contributed by atoms with Gasteiger partial charge in [0, 0.05) is 19.6 Å². The van der Waals surface area contributed by atoms with E-state index < -0.39 is 0 Å². The van der Waals surface area contributed by atoms with Crippen LogP contribution in [-0.2, 0) is 0 Å². The number of hydrogen-bond acceptors (Lipinski definition) is 4. The number of amides is 2. The van der Waals surface area contributed by atoms with Crippen LogP contribution in [0.3, 0.4) is 0 Å². The van der Waals surface area contributed by atoms with Crippen LogP contribution in [0.25, 0.3) is 0 Å². The van der Waals surface area contributed by atoms with Gasteiger partial charge in [-0.2, -0.15) is 0 Å². The van der Waals surface area contributed by atoms with Gasteiger partial charge in [-0.1, -0.05) is 12.1 Å². The molecule has 2 amide bonds. The highest BCUT2D eigenvalue weighted by Crippen LogP contribution is 2.21. The van der Waals surface area contributed by atoms with Crippen LogP contribution in [0.1, 0.15) is 20.7 Å². The first kappa shape index (κ1) is 12.7. The SMILES string of the molecule is CN(CCO)CCN1C(=O)c2ccccc2C1=O. The second-order valence-electron chi connectivity index (χ2n) is 4.33. The molecule has 1 aromatic rings. The molecule has 0 atom stereocenters. The molecule has 1 aromatic carbocycles. The fourth-order valence-electron chi connectivity index (χ4n) is 2.00. The Balaban J connectivity index is 2.05. The van der Waals surface area contributed by atoms with E-state index in [2.05, 4.69) is 0 Å². The Hall–Kier alpha value is -1.72. The van der Waals surface area contributed by atoms with E-state index in [1.165, 1.54) is 4.90 Å². The molecular weight excluding hydrogens is 232 g/mol. The summed E-state index contributed by atoms with van der Waals surface area (Å²) in [6.07, 6.45) is 0. The van der Waals surface area contributed by atoms with Crippen molar-refractivity contribution in [3.05, 3.63) is 35.4 Å². The zero-order chi connectivity index (χ0) is 13.1. The molecule has 0 fully saturated rings. The second-order valence-corrected chi connectivity index (χ2v) is 4.33. The summed E-state index contributed by atoms with van der Waals surface area (Å²) < 4.78 is 0. The first-order valence-corrected chi connectivity index (χ1v) is 5.89. The van der Waals surface area contributed by atoms with E-state index >= 15 is 0 Å². The molecule has 0 saturated carbocycles. The molecule has 1 N–H and O–H groups in total. The summed E-state index contributed by atoms with van der Waals surface area (Å²) in [4.78, 5) is 27.2. The fraction of sp³-hybridized carbons (Fsp3) is 0.385. The van der Waals surface area contributed by atoms with Gasteiger partial charge in [0.2, 0.25) is 0 Å². The molecule has 0 spiro atoms. The number of hydrogen-bond donors (Lipinski definition) is 1. The third-order valence-corrected chi connectivity index (χ3v) is 3.07. The molecule has 18 heavy (non-hydrogen) atoms. The zero-order valence-electron chi connectivity index (χ0n) is 10.3. The Morgan fingerprint density at radius 3 is 2.17 bits per heavy atom. The fourth-order valence-corrected chi connectivity index (χ4v) is 2.00. The van der Waals surface area contributed by atoms with Gasteiger partial charge in [0.15, 0.2) is 0 Å². The van der Waals surface area contributed by atoms with Crippen molar-refractivity contribution in [2.45, 2.75) is 0 Å². The molecule has 96 valence electrons. The van der Waals surface area contributed by atoms with Gasteiger partial charge >= 0.3 is 0 Å². The van der Waals surface area contributed by atoms with Gasteiger partial charge in [-0.05, 0) is 19.2 Å². The van der Waals surface area contributed by atoms with Crippen molar-refractivity contribution in [3.8, 4) is 0 Å². The number of aliphatic hydroxyl groups excluding tert-OH is 1. The van der Waals surface area contributed by atoms with Crippen LogP contribution >= 0.6 is 0 Å². The molecule has 5 nitrogen and oxygen atoms in total. The maximum atomic E-state index is 12.0. The highest BCUT2D eigenvalue weighted by molar-refractivity contribution is 6.21. The summed E-state index contributed by atoms with van der Waals surface area (Å²) in [6.45, 7) is 1.51. The Morgan fingerprint density at radius 1 is 1.11 bits per heavy atom. The molecule has 1 heterocycles. The maximum absolute atomic E-state index is 12.0. The predicted molar refractivity (Wildman–Crippen MR) is 66.4 cm³/mol. The molecule has 0 bridgehead atoms. The minimum Gasteiger partial charge on any atom is -0.395 e. The molecule has 0 saturated heterocycles. The molecule has 0 unspecified atom stereocenters. The lowest BCUT2D eigenvalue weighted by molar-refractivity contribution is 0.0639. The summed E-state index contributed by atoms with van der Waals surface area (Å²) in [5.74, 6) is -0.457. The van der Waals surface area contributed by atoms with Crippen LogP contribution in [0.5, 0.6) is 0 Å². The van der Waals surface area contributed by atoms with E-state index in [9.17, 15) is 9.59 Å². The van der Waals surface area contributed by atoms with Gasteiger partial charge in [-0.3, -0.25) is 14.5 Å². The summed E-state index contributed by atoms with van der Waals surface area (Å²) in [5, 5.41) is 8.79. The number of carbonyl (C=O) groups is 2. The van der Waals surface area contributed by atoms with Crippen molar-refractivity contribution in [2.24, 2.45) is 0 Å². The predicted octanol–water partition coefficient (Wildman–Crippen LogP) is 0.207. The monoisotopic (exact) mass is 248 g/mol. The molecular formula is C13H16N2O3. The van der Waals surface area contributed by atoms with Crippen molar-refractivity contribution in [3.63, 3.8) is 0 Å². The van der Waals surface area contributed by atoms with E-state index in [1.807, 2.05) is 11.9 Å². The molecule has 1 aliphatic rings. The van der Waals surface area contributed by atoms with Crippen LogP contribution in [0, 0.1) is 0 Å². The third kappa shape index (κ3) is 2.27. The van der Waals surface area contributed by atoms with Crippen LogP contribution in [0.4, 0.5) is 0 Å². The Kier molecular flexibility index (Phi) is 3.74. The molecule has 2 rings (SSSR count). The van der Waals surface area contributed by atoms with Gasteiger partial charge in [-0.25, -0.2) is 0 Å². The van der Waals surface area contributed by atoms with Gasteiger partial charge < -0.3 is 10.0 Å². The van der Waals surface area contributed by atoms with E-state index in [1.54, 1.807) is 24.3 Å². The highest BCUT2D eigenvalue weighted by Gasteiger charge is 2.34. The quantitative estimate of drug-likeness (QED) is 0.757. The number of imide groups is 1. The van der Waals surface area contributed by atoms with Crippen LogP contribution in [-0.4, -0.2) is 60.0 Å². The van der Waals surface area contributed by atoms with Crippen molar-refractivity contribution < 1.29 is 14.7 Å². The van der Waals surface area contributed by atoms with Crippen molar-refractivity contribution >= 4 is 11.8 Å². The topological polar surface area (TPSA) is 60.9 Å². The van der Waals surface area contributed by atoms with E-state index in [0.717, 1.165) is 0 Å². The van der Waals surface area contributed by atoms with Crippen molar-refractivity contribution in [2.75, 3.05) is 33.3 Å². The standard InChI is InChI=1S/C13H16N2O3/c1-14(8-9-16)6-7-15-12(17)10-4-2-3-5-11(10)13(15)18/h2-5,16H,6-9H2,1H3. The number of nitrogens with zero attached hydrogens (tertiary/aromatic N) is 2. The number of carbonyl (C=O) groups excluding carboxylic acids is 2. The minimum absolute atomic E-state index is 0.0681. The van der Waals surface area contributed by atoms with Gasteiger partial charge in [-0.15, -0.1) is 0 Å². The second kappa shape index (κ2) is 5.29. The van der Waals surface area contributed by atoms with E-state index in [0.29, 0.717) is 30.8 Å². The van der Waals surface area contributed by atoms with Gasteiger partial charge in [0.1, 0.15) is 0 Å². The zero-order valence-corrected chi connectivity index (χ0v) is 10.3. The first-order chi connectivity index (χ1) is 8.65. The minimum atomic E-state index is -0.229. The lowest BCUT2D eigenvalue weighted by atomic mass is 10.1.